The van der Waals surface area contributed by atoms with Crippen molar-refractivity contribution in [3.8, 4) is 11.8 Å². The number of halogens is 1. The highest BCUT2D eigenvalue weighted by molar-refractivity contribution is 5.99. The molecule has 0 radical (unpaired) electrons. The summed E-state index contributed by atoms with van der Waals surface area (Å²) in [7, 11) is 0. The van der Waals surface area contributed by atoms with E-state index in [0.717, 1.165) is 5.56 Å². The molecule has 1 aliphatic heterocycles. The first-order valence-electron chi connectivity index (χ1n) is 8.91. The summed E-state index contributed by atoms with van der Waals surface area (Å²) in [5.74, 6) is -0.0469. The molecule has 0 spiro atoms. The van der Waals surface area contributed by atoms with Crippen LogP contribution in [0.15, 0.2) is 42.5 Å². The van der Waals surface area contributed by atoms with E-state index in [9.17, 15) is 14.4 Å². The Hall–Kier alpha value is -2.91. The van der Waals surface area contributed by atoms with Crippen LogP contribution in [0.1, 0.15) is 30.9 Å². The van der Waals surface area contributed by atoms with Gasteiger partial charge in [0.15, 0.2) is 0 Å². The van der Waals surface area contributed by atoms with Gasteiger partial charge in [0.25, 0.3) is 0 Å². The van der Waals surface area contributed by atoms with Crippen LogP contribution in [0.4, 0.5) is 10.1 Å². The summed E-state index contributed by atoms with van der Waals surface area (Å²) in [5, 5.41) is 12.2. The molecule has 1 N–H and O–H groups in total. The molecular weight excluding hydrogens is 347 g/mol. The maximum absolute atomic E-state index is 13.3. The van der Waals surface area contributed by atoms with E-state index in [-0.39, 0.29) is 11.7 Å². The summed E-state index contributed by atoms with van der Waals surface area (Å²) < 4.78 is 24.2. The van der Waals surface area contributed by atoms with E-state index in [4.69, 9.17) is 9.47 Å². The molecule has 1 heterocycles. The number of rotatable bonds is 5. The lowest BCUT2D eigenvalue weighted by Crippen LogP contribution is -2.44. The highest BCUT2D eigenvalue weighted by Crippen LogP contribution is 2.36. The van der Waals surface area contributed by atoms with Gasteiger partial charge in [-0.2, -0.15) is 5.26 Å². The van der Waals surface area contributed by atoms with E-state index >= 15 is 0 Å². The minimum atomic E-state index is -0.794. The summed E-state index contributed by atoms with van der Waals surface area (Å²) in [6, 6.07) is 13.1. The van der Waals surface area contributed by atoms with Crippen LogP contribution in [0.3, 0.4) is 0 Å². The van der Waals surface area contributed by atoms with Gasteiger partial charge in [0.1, 0.15) is 17.6 Å². The van der Waals surface area contributed by atoms with E-state index in [1.54, 1.807) is 30.3 Å². The second-order valence-electron chi connectivity index (χ2n) is 6.41. The molecule has 5 nitrogen and oxygen atoms in total. The van der Waals surface area contributed by atoms with Crippen LogP contribution >= 0.6 is 0 Å². The van der Waals surface area contributed by atoms with E-state index < -0.39 is 5.41 Å². The van der Waals surface area contributed by atoms with E-state index in [0.29, 0.717) is 49.7 Å². The molecule has 1 aliphatic rings. The van der Waals surface area contributed by atoms with Crippen molar-refractivity contribution in [1.82, 2.24) is 0 Å². The highest BCUT2D eigenvalue weighted by atomic mass is 19.1. The quantitative estimate of drug-likeness (QED) is 0.872. The average molecular weight is 368 g/mol. The van der Waals surface area contributed by atoms with Crippen molar-refractivity contribution in [3.63, 3.8) is 0 Å². The molecule has 1 fully saturated rings. The second kappa shape index (κ2) is 8.19. The molecule has 2 aromatic rings. The lowest BCUT2D eigenvalue weighted by Gasteiger charge is -2.36. The number of benzene rings is 2. The molecule has 2 aromatic carbocycles. The van der Waals surface area contributed by atoms with Crippen LogP contribution in [0.2, 0.25) is 0 Å². The van der Waals surface area contributed by atoms with Gasteiger partial charge in [0.2, 0.25) is 5.91 Å². The normalized spacial score (nSPS) is 15.6. The fourth-order valence-electron chi connectivity index (χ4n) is 3.36. The minimum absolute atomic E-state index is 0.189. The van der Waals surface area contributed by atoms with Crippen LogP contribution in [-0.4, -0.2) is 25.7 Å². The van der Waals surface area contributed by atoms with E-state index in [1.807, 2.05) is 6.92 Å². The summed E-state index contributed by atoms with van der Waals surface area (Å²) in [6.07, 6.45) is 1.01. The number of nitrogens with zero attached hydrogens (tertiary/aromatic N) is 1. The van der Waals surface area contributed by atoms with Gasteiger partial charge in [0, 0.05) is 18.9 Å². The first-order valence-corrected chi connectivity index (χ1v) is 8.91. The molecule has 0 bridgehead atoms. The van der Waals surface area contributed by atoms with Crippen LogP contribution in [0.25, 0.3) is 0 Å². The van der Waals surface area contributed by atoms with Gasteiger partial charge in [-0.1, -0.05) is 12.1 Å². The Balaban J connectivity index is 1.89. The molecule has 0 unspecified atom stereocenters. The van der Waals surface area contributed by atoms with Crippen LogP contribution < -0.4 is 10.1 Å². The van der Waals surface area contributed by atoms with Gasteiger partial charge < -0.3 is 14.8 Å². The number of hydrogen-bond donors (Lipinski definition) is 1. The lowest BCUT2D eigenvalue weighted by atomic mass is 9.73. The first kappa shape index (κ1) is 18.9. The van der Waals surface area contributed by atoms with Crippen molar-refractivity contribution in [2.24, 2.45) is 0 Å². The summed E-state index contributed by atoms with van der Waals surface area (Å²) in [5.41, 5.74) is 0.846. The molecule has 6 heteroatoms. The van der Waals surface area contributed by atoms with Crippen molar-refractivity contribution in [1.29, 1.82) is 5.26 Å². The third-order valence-electron chi connectivity index (χ3n) is 4.84. The third-order valence-corrected chi connectivity index (χ3v) is 4.84. The molecular formula is C21H21FN2O3. The zero-order chi connectivity index (χ0) is 19.3. The van der Waals surface area contributed by atoms with Gasteiger partial charge in [-0.3, -0.25) is 4.79 Å². The second-order valence-corrected chi connectivity index (χ2v) is 6.41. The van der Waals surface area contributed by atoms with Gasteiger partial charge in [-0.15, -0.1) is 0 Å². The lowest BCUT2D eigenvalue weighted by molar-refractivity contribution is -0.125. The fraction of sp³-hybridized carbons (Fsp3) is 0.333. The standard InChI is InChI=1S/C21H21FN2O3/c1-2-27-19-8-7-18(13-15(19)14-23)24-20(25)21(9-11-26-12-10-21)16-3-5-17(22)6-4-16/h3-8,13H,2,9-12H2,1H3,(H,24,25). The number of nitriles is 1. The van der Waals surface area contributed by atoms with Crippen molar-refractivity contribution in [2.45, 2.75) is 25.2 Å². The summed E-state index contributed by atoms with van der Waals surface area (Å²) >= 11 is 0. The predicted molar refractivity (Wildman–Crippen MR) is 99.1 cm³/mol. The topological polar surface area (TPSA) is 71.3 Å². The first-order chi connectivity index (χ1) is 13.1. The predicted octanol–water partition coefficient (Wildman–Crippen LogP) is 3.78. The molecule has 27 heavy (non-hydrogen) atoms. The summed E-state index contributed by atoms with van der Waals surface area (Å²) in [4.78, 5) is 13.2. The largest absolute Gasteiger partial charge is 0.492 e. The zero-order valence-corrected chi connectivity index (χ0v) is 15.1. The Bertz CT molecular complexity index is 853. The number of hydrogen-bond acceptors (Lipinski definition) is 4. The van der Waals surface area contributed by atoms with Crippen molar-refractivity contribution >= 4 is 11.6 Å². The third kappa shape index (κ3) is 3.93. The highest BCUT2D eigenvalue weighted by Gasteiger charge is 2.41. The van der Waals surface area contributed by atoms with Gasteiger partial charge in [-0.25, -0.2) is 4.39 Å². The molecule has 0 aliphatic carbocycles. The number of ether oxygens (including phenoxy) is 2. The molecule has 0 atom stereocenters. The van der Waals surface area contributed by atoms with Crippen molar-refractivity contribution in [3.05, 3.63) is 59.4 Å². The van der Waals surface area contributed by atoms with Gasteiger partial charge in [0.05, 0.1) is 17.6 Å². The molecule has 0 aromatic heterocycles. The molecule has 3 rings (SSSR count). The maximum atomic E-state index is 13.3. The Kier molecular flexibility index (Phi) is 5.72. The Morgan fingerprint density at radius 1 is 1.26 bits per heavy atom. The monoisotopic (exact) mass is 368 g/mol. The van der Waals surface area contributed by atoms with Crippen molar-refractivity contribution in [2.75, 3.05) is 25.1 Å². The molecule has 0 saturated carbocycles. The number of anilines is 1. The fourth-order valence-corrected chi connectivity index (χ4v) is 3.36. The Morgan fingerprint density at radius 2 is 1.96 bits per heavy atom. The molecule has 1 amide bonds. The number of carbonyl (C=O) groups excluding carboxylic acids is 1. The SMILES string of the molecule is CCOc1ccc(NC(=O)C2(c3ccc(F)cc3)CCOCC2)cc1C#N. The Morgan fingerprint density at radius 3 is 2.59 bits per heavy atom. The number of amides is 1. The number of nitrogens with one attached hydrogen (secondary N) is 1. The van der Waals surface area contributed by atoms with E-state index in [2.05, 4.69) is 11.4 Å². The minimum Gasteiger partial charge on any atom is -0.492 e. The van der Waals surface area contributed by atoms with Crippen LogP contribution in [-0.2, 0) is 14.9 Å². The summed E-state index contributed by atoms with van der Waals surface area (Å²) in [6.45, 7) is 3.21. The van der Waals surface area contributed by atoms with Crippen LogP contribution in [0.5, 0.6) is 5.75 Å². The maximum Gasteiger partial charge on any atom is 0.235 e. The van der Waals surface area contributed by atoms with Crippen molar-refractivity contribution < 1.29 is 18.7 Å². The average Bonchev–Trinajstić information content (AvgIpc) is 2.70. The number of carbonyl (C=O) groups is 1. The zero-order valence-electron chi connectivity index (χ0n) is 15.1. The van der Waals surface area contributed by atoms with Gasteiger partial charge >= 0.3 is 0 Å². The molecule has 140 valence electrons. The smallest absolute Gasteiger partial charge is 0.235 e. The van der Waals surface area contributed by atoms with Gasteiger partial charge in [-0.05, 0) is 55.7 Å². The van der Waals surface area contributed by atoms with Crippen LogP contribution in [0, 0.1) is 17.1 Å². The molecule has 1 saturated heterocycles. The Labute approximate surface area is 157 Å². The van der Waals surface area contributed by atoms with E-state index in [1.165, 1.54) is 12.1 Å².